The number of ether oxygens (including phenoxy) is 1. The van der Waals surface area contributed by atoms with E-state index in [1.165, 1.54) is 39.2 Å². The summed E-state index contributed by atoms with van der Waals surface area (Å²) in [6, 6.07) is 0. The Morgan fingerprint density at radius 2 is 1.76 bits per heavy atom. The number of hydrogen-bond donors (Lipinski definition) is 0. The number of hydrogen-bond acceptors (Lipinski definition) is 3. The lowest BCUT2D eigenvalue weighted by Crippen LogP contribution is -2.28. The van der Waals surface area contributed by atoms with E-state index in [0.717, 1.165) is 31.6 Å². The van der Waals surface area contributed by atoms with Gasteiger partial charge < -0.3 is 4.74 Å². The van der Waals surface area contributed by atoms with Gasteiger partial charge in [0, 0.05) is 12.1 Å². The summed E-state index contributed by atoms with van der Waals surface area (Å²) in [5.74, 6) is -0.181. The minimum absolute atomic E-state index is 0.181. The molecular formula is C14H25NO2. The van der Waals surface area contributed by atoms with E-state index in [1.807, 2.05) is 13.0 Å². The summed E-state index contributed by atoms with van der Waals surface area (Å²) in [6.07, 6.45) is 9.43. The maximum absolute atomic E-state index is 11.4. The quantitative estimate of drug-likeness (QED) is 0.558. The highest BCUT2D eigenvalue weighted by Crippen LogP contribution is 2.11. The summed E-state index contributed by atoms with van der Waals surface area (Å²) >= 11 is 0. The summed E-state index contributed by atoms with van der Waals surface area (Å²) in [5.41, 5.74) is 0.801. The molecule has 3 heteroatoms. The SMILES string of the molecule is CCC(=CCN1CCCCCCC1)C(=O)OC. The Balaban J connectivity index is 2.44. The second kappa shape index (κ2) is 8.29. The van der Waals surface area contributed by atoms with Crippen LogP contribution in [0.5, 0.6) is 0 Å². The number of nitrogens with zero attached hydrogens (tertiary/aromatic N) is 1. The highest BCUT2D eigenvalue weighted by atomic mass is 16.5. The molecule has 3 nitrogen and oxygen atoms in total. The zero-order chi connectivity index (χ0) is 12.5. The van der Waals surface area contributed by atoms with E-state index in [9.17, 15) is 4.79 Å². The van der Waals surface area contributed by atoms with Crippen molar-refractivity contribution in [2.45, 2.75) is 45.4 Å². The molecule has 1 heterocycles. The molecule has 0 amide bonds. The Morgan fingerprint density at radius 3 is 2.29 bits per heavy atom. The fraction of sp³-hybridized carbons (Fsp3) is 0.786. The second-order valence-electron chi connectivity index (χ2n) is 4.64. The summed E-state index contributed by atoms with van der Waals surface area (Å²) in [4.78, 5) is 13.9. The fourth-order valence-corrected chi connectivity index (χ4v) is 2.24. The van der Waals surface area contributed by atoms with Gasteiger partial charge in [0.05, 0.1) is 7.11 Å². The Hall–Kier alpha value is -0.830. The van der Waals surface area contributed by atoms with Crippen molar-refractivity contribution in [2.75, 3.05) is 26.7 Å². The lowest BCUT2D eigenvalue weighted by atomic mass is 10.1. The van der Waals surface area contributed by atoms with E-state index < -0.39 is 0 Å². The zero-order valence-corrected chi connectivity index (χ0v) is 11.2. The lowest BCUT2D eigenvalue weighted by Gasteiger charge is -2.23. The van der Waals surface area contributed by atoms with Gasteiger partial charge in [0.2, 0.25) is 0 Å². The normalized spacial score (nSPS) is 19.5. The first-order valence-corrected chi connectivity index (χ1v) is 6.77. The van der Waals surface area contributed by atoms with Crippen molar-refractivity contribution in [3.63, 3.8) is 0 Å². The smallest absolute Gasteiger partial charge is 0.333 e. The van der Waals surface area contributed by atoms with Crippen molar-refractivity contribution >= 4 is 5.97 Å². The van der Waals surface area contributed by atoms with Gasteiger partial charge in [-0.1, -0.05) is 32.3 Å². The van der Waals surface area contributed by atoms with Gasteiger partial charge >= 0.3 is 5.97 Å². The Bertz CT molecular complexity index is 253. The van der Waals surface area contributed by atoms with Crippen molar-refractivity contribution in [1.29, 1.82) is 0 Å². The molecule has 0 saturated carbocycles. The third-order valence-electron chi connectivity index (χ3n) is 3.37. The molecule has 1 aliphatic heterocycles. The second-order valence-corrected chi connectivity index (χ2v) is 4.64. The number of rotatable bonds is 4. The van der Waals surface area contributed by atoms with Crippen LogP contribution in [0.1, 0.15) is 45.4 Å². The highest BCUT2D eigenvalue weighted by molar-refractivity contribution is 5.88. The molecular weight excluding hydrogens is 214 g/mol. The van der Waals surface area contributed by atoms with E-state index in [2.05, 4.69) is 4.90 Å². The standard InChI is InChI=1S/C14H25NO2/c1-3-13(14(16)17-2)9-12-15-10-7-5-4-6-8-11-15/h9H,3-8,10-12H2,1-2H3. The van der Waals surface area contributed by atoms with E-state index in [1.54, 1.807) is 0 Å². The van der Waals surface area contributed by atoms with Crippen molar-refractivity contribution in [3.05, 3.63) is 11.6 Å². The average Bonchev–Trinajstić information content (AvgIpc) is 2.31. The molecule has 1 saturated heterocycles. The largest absolute Gasteiger partial charge is 0.466 e. The van der Waals surface area contributed by atoms with Crippen molar-refractivity contribution in [3.8, 4) is 0 Å². The molecule has 0 spiro atoms. The van der Waals surface area contributed by atoms with Crippen LogP contribution < -0.4 is 0 Å². The van der Waals surface area contributed by atoms with Gasteiger partial charge in [-0.3, -0.25) is 4.90 Å². The van der Waals surface area contributed by atoms with Crippen LogP contribution in [0.25, 0.3) is 0 Å². The highest BCUT2D eigenvalue weighted by Gasteiger charge is 2.10. The van der Waals surface area contributed by atoms with Crippen LogP contribution in [0.2, 0.25) is 0 Å². The number of methoxy groups -OCH3 is 1. The van der Waals surface area contributed by atoms with Crippen LogP contribution in [0, 0.1) is 0 Å². The van der Waals surface area contributed by atoms with Crippen LogP contribution in [0.4, 0.5) is 0 Å². The summed E-state index contributed by atoms with van der Waals surface area (Å²) < 4.78 is 4.76. The zero-order valence-electron chi connectivity index (χ0n) is 11.2. The molecule has 17 heavy (non-hydrogen) atoms. The topological polar surface area (TPSA) is 29.5 Å². The number of carbonyl (C=O) groups excluding carboxylic acids is 1. The number of esters is 1. The minimum Gasteiger partial charge on any atom is -0.466 e. The fourth-order valence-electron chi connectivity index (χ4n) is 2.24. The number of carbonyl (C=O) groups is 1. The molecule has 1 aliphatic rings. The monoisotopic (exact) mass is 239 g/mol. The van der Waals surface area contributed by atoms with Gasteiger partial charge in [-0.05, 0) is 32.4 Å². The average molecular weight is 239 g/mol. The van der Waals surface area contributed by atoms with Crippen LogP contribution in [0.3, 0.4) is 0 Å². The van der Waals surface area contributed by atoms with Gasteiger partial charge in [-0.2, -0.15) is 0 Å². The van der Waals surface area contributed by atoms with Gasteiger partial charge in [0.25, 0.3) is 0 Å². The molecule has 0 unspecified atom stereocenters. The van der Waals surface area contributed by atoms with Gasteiger partial charge in [-0.25, -0.2) is 4.79 Å². The van der Waals surface area contributed by atoms with Crippen LogP contribution in [-0.4, -0.2) is 37.6 Å². The molecule has 0 N–H and O–H groups in total. The van der Waals surface area contributed by atoms with Gasteiger partial charge in [0.15, 0.2) is 0 Å². The number of likely N-dealkylation sites (tertiary alicyclic amines) is 1. The molecule has 1 fully saturated rings. The predicted molar refractivity (Wildman–Crippen MR) is 69.9 cm³/mol. The first-order valence-electron chi connectivity index (χ1n) is 6.77. The third kappa shape index (κ3) is 5.35. The van der Waals surface area contributed by atoms with Gasteiger partial charge in [-0.15, -0.1) is 0 Å². The maximum Gasteiger partial charge on any atom is 0.333 e. The van der Waals surface area contributed by atoms with Crippen molar-refractivity contribution < 1.29 is 9.53 Å². The van der Waals surface area contributed by atoms with E-state index in [4.69, 9.17) is 4.74 Å². The summed E-state index contributed by atoms with van der Waals surface area (Å²) in [7, 11) is 1.45. The Kier molecular flexibility index (Phi) is 6.94. The molecule has 0 bridgehead atoms. The predicted octanol–water partition coefficient (Wildman–Crippen LogP) is 2.76. The Labute approximate surface area is 105 Å². The molecule has 0 aliphatic carbocycles. The minimum atomic E-state index is -0.181. The van der Waals surface area contributed by atoms with Crippen molar-refractivity contribution in [2.24, 2.45) is 0 Å². The Morgan fingerprint density at radius 1 is 1.18 bits per heavy atom. The van der Waals surface area contributed by atoms with Crippen LogP contribution in [0.15, 0.2) is 11.6 Å². The van der Waals surface area contributed by atoms with Gasteiger partial charge in [0.1, 0.15) is 0 Å². The summed E-state index contributed by atoms with van der Waals surface area (Å²) in [5, 5.41) is 0. The molecule has 1 rings (SSSR count). The molecule has 0 aromatic heterocycles. The van der Waals surface area contributed by atoms with E-state index in [0.29, 0.717) is 0 Å². The molecule has 0 atom stereocenters. The van der Waals surface area contributed by atoms with Crippen molar-refractivity contribution in [1.82, 2.24) is 4.90 Å². The van der Waals surface area contributed by atoms with Crippen LogP contribution >= 0.6 is 0 Å². The van der Waals surface area contributed by atoms with E-state index in [-0.39, 0.29) is 5.97 Å². The summed E-state index contributed by atoms with van der Waals surface area (Å²) in [6.45, 7) is 5.21. The molecule has 0 radical (unpaired) electrons. The molecule has 0 aromatic rings. The molecule has 98 valence electrons. The van der Waals surface area contributed by atoms with Crippen LogP contribution in [-0.2, 0) is 9.53 Å². The molecule has 0 aromatic carbocycles. The first kappa shape index (κ1) is 14.2. The first-order chi connectivity index (χ1) is 8.27. The van der Waals surface area contributed by atoms with E-state index >= 15 is 0 Å². The maximum atomic E-state index is 11.4. The lowest BCUT2D eigenvalue weighted by molar-refractivity contribution is -0.136. The third-order valence-corrected chi connectivity index (χ3v) is 3.37.